The molecule has 7 nitrogen and oxygen atoms in total. The molecular formula is C30H38FLiN3O4-. The number of alkyl halides is 1. The Morgan fingerprint density at radius 1 is 0.949 bits per heavy atom. The number of fused-ring (bicyclic) bond motifs is 2. The standard InChI is InChI=1S/C18H18N2O.C12H19FNO2.Li.H2O/c21-17-18(10-12-19-13-11-18)15-8-4-5-9-16(15)20(17)14-6-2-1-3-7-14;13-12(10-15)3-5-14(6-4-12)9-11-1-7-16-8-2-11;;/h1-9,19H,10-13H2;11H,1-9H2;;1H2/q;-1;+1;/p-1. The van der Waals surface area contributed by atoms with Gasteiger partial charge in [0.2, 0.25) is 5.91 Å². The number of piperidine rings is 2. The van der Waals surface area contributed by atoms with E-state index in [2.05, 4.69) is 22.3 Å². The largest absolute Gasteiger partial charge is 1.00 e. The predicted molar refractivity (Wildman–Crippen MR) is 144 cm³/mol. The fraction of sp³-hybridized carbons (Fsp3) is 0.533. The van der Waals surface area contributed by atoms with Crippen molar-refractivity contribution in [2.24, 2.45) is 5.92 Å². The van der Waals surface area contributed by atoms with Crippen molar-refractivity contribution in [3.8, 4) is 0 Å². The molecule has 4 aliphatic heterocycles. The van der Waals surface area contributed by atoms with E-state index in [1.165, 1.54) is 5.56 Å². The minimum atomic E-state index is -1.67. The summed E-state index contributed by atoms with van der Waals surface area (Å²) in [6, 6.07) is 18.2. The quantitative estimate of drug-likeness (QED) is 0.471. The van der Waals surface area contributed by atoms with E-state index in [1.54, 1.807) is 6.29 Å². The van der Waals surface area contributed by atoms with Gasteiger partial charge in [-0.25, -0.2) is 6.29 Å². The van der Waals surface area contributed by atoms with E-state index in [-0.39, 0.29) is 35.7 Å². The van der Waals surface area contributed by atoms with Crippen molar-refractivity contribution in [3.63, 3.8) is 0 Å². The van der Waals surface area contributed by atoms with E-state index < -0.39 is 5.67 Å². The minimum Gasteiger partial charge on any atom is -0.870 e. The Balaban J connectivity index is 0.000000212. The molecule has 39 heavy (non-hydrogen) atoms. The number of ether oxygens (including phenoxy) is 1. The molecule has 2 aromatic rings. The summed E-state index contributed by atoms with van der Waals surface area (Å²) in [4.78, 5) is 27.9. The van der Waals surface area contributed by atoms with Crippen LogP contribution in [0.5, 0.6) is 0 Å². The summed E-state index contributed by atoms with van der Waals surface area (Å²) in [6.45, 7) is 5.91. The van der Waals surface area contributed by atoms with Gasteiger partial charge in [-0.2, -0.15) is 0 Å². The van der Waals surface area contributed by atoms with Crippen molar-refractivity contribution in [3.05, 3.63) is 60.2 Å². The zero-order chi connectivity index (χ0) is 25.7. The average Bonchev–Trinajstić information content (AvgIpc) is 3.19. The third-order valence-electron chi connectivity index (χ3n) is 8.43. The number of nitrogens with one attached hydrogen (secondary N) is 1. The molecule has 9 heteroatoms. The summed E-state index contributed by atoms with van der Waals surface area (Å²) in [7, 11) is 0. The van der Waals surface area contributed by atoms with E-state index in [9.17, 15) is 14.0 Å². The number of halogens is 1. The molecule has 3 fully saturated rings. The maximum Gasteiger partial charge on any atom is 1.00 e. The van der Waals surface area contributed by atoms with Gasteiger partial charge < -0.3 is 25.2 Å². The van der Waals surface area contributed by atoms with Crippen LogP contribution in [0.2, 0.25) is 0 Å². The molecule has 0 unspecified atom stereocenters. The van der Waals surface area contributed by atoms with Crippen LogP contribution in [0.3, 0.4) is 0 Å². The van der Waals surface area contributed by atoms with Crippen molar-refractivity contribution in [1.29, 1.82) is 0 Å². The molecule has 0 saturated carbocycles. The molecular weight excluding hydrogens is 492 g/mol. The number of hydrogen-bond donors (Lipinski definition) is 1. The molecule has 3 saturated heterocycles. The summed E-state index contributed by atoms with van der Waals surface area (Å²) >= 11 is 0. The third kappa shape index (κ3) is 6.82. The fourth-order valence-corrected chi connectivity index (χ4v) is 6.17. The summed E-state index contributed by atoms with van der Waals surface area (Å²) < 4.78 is 18.9. The Hall–Kier alpha value is -2.05. The first-order chi connectivity index (χ1) is 18.0. The van der Waals surface area contributed by atoms with Gasteiger partial charge >= 0.3 is 18.9 Å². The molecule has 1 amide bonds. The fourth-order valence-electron chi connectivity index (χ4n) is 6.17. The van der Waals surface area contributed by atoms with Crippen LogP contribution in [0, 0.1) is 5.92 Å². The number of anilines is 2. The second-order valence-corrected chi connectivity index (χ2v) is 10.7. The van der Waals surface area contributed by atoms with E-state index in [0.717, 1.165) is 69.9 Å². The van der Waals surface area contributed by atoms with Crippen LogP contribution in [-0.4, -0.2) is 74.2 Å². The SMILES string of the molecule is O=C1N(c2ccccc2)c2ccccc2C12CCNCC2.O=[C-]C1(F)CCN(CC2CCOCC2)CC1.[Li+].[OH-]. The molecule has 206 valence electrons. The predicted octanol–water partition coefficient (Wildman–Crippen LogP) is 1.14. The van der Waals surface area contributed by atoms with Crippen molar-refractivity contribution >= 4 is 23.6 Å². The Bertz CT molecular complexity index is 1070. The molecule has 0 atom stereocenters. The topological polar surface area (TPSA) is 91.9 Å². The van der Waals surface area contributed by atoms with Crippen LogP contribution in [0.4, 0.5) is 15.8 Å². The Labute approximate surface area is 242 Å². The molecule has 0 aliphatic carbocycles. The molecule has 0 aromatic heterocycles. The zero-order valence-electron chi connectivity index (χ0n) is 22.9. The van der Waals surface area contributed by atoms with Gasteiger partial charge in [-0.3, -0.25) is 14.1 Å². The summed E-state index contributed by atoms with van der Waals surface area (Å²) in [5.74, 6) is 0.914. The Morgan fingerprint density at radius 3 is 2.21 bits per heavy atom. The summed E-state index contributed by atoms with van der Waals surface area (Å²) in [5.41, 5.74) is 1.20. The number of likely N-dealkylation sites (tertiary alicyclic amines) is 1. The molecule has 2 N–H and O–H groups in total. The second kappa shape index (κ2) is 14.0. The number of amides is 1. The summed E-state index contributed by atoms with van der Waals surface area (Å²) in [5, 5.41) is 3.37. The number of hydrogen-bond acceptors (Lipinski definition) is 6. The maximum atomic E-state index is 13.6. The zero-order valence-corrected chi connectivity index (χ0v) is 22.9. The number of rotatable bonds is 4. The first-order valence-electron chi connectivity index (χ1n) is 13.6. The van der Waals surface area contributed by atoms with Gasteiger partial charge in [0.15, 0.2) is 0 Å². The van der Waals surface area contributed by atoms with E-state index in [0.29, 0.717) is 31.8 Å². The number of carbonyl (C=O) groups excluding carboxylic acids is 2. The van der Waals surface area contributed by atoms with Gasteiger partial charge in [0.05, 0.1) is 11.1 Å². The molecule has 4 aliphatic rings. The molecule has 2 aromatic carbocycles. The van der Waals surface area contributed by atoms with Crippen LogP contribution in [0.15, 0.2) is 54.6 Å². The van der Waals surface area contributed by atoms with Gasteiger partial charge in [-0.1, -0.05) is 36.4 Å². The van der Waals surface area contributed by atoms with E-state index in [4.69, 9.17) is 4.74 Å². The first kappa shape index (κ1) is 31.5. The van der Waals surface area contributed by atoms with Crippen molar-refractivity contribution in [1.82, 2.24) is 10.2 Å². The number of carbonyl (C=O) groups is 1. The van der Waals surface area contributed by atoms with E-state index in [1.807, 2.05) is 47.4 Å². The van der Waals surface area contributed by atoms with Crippen LogP contribution in [0.25, 0.3) is 0 Å². The molecule has 0 radical (unpaired) electrons. The van der Waals surface area contributed by atoms with Crippen LogP contribution < -0.4 is 29.1 Å². The van der Waals surface area contributed by atoms with Crippen LogP contribution in [-0.2, 0) is 19.7 Å². The van der Waals surface area contributed by atoms with Crippen molar-refractivity contribution < 1.29 is 43.1 Å². The smallest absolute Gasteiger partial charge is 0.870 e. The van der Waals surface area contributed by atoms with Gasteiger partial charge in [0.25, 0.3) is 0 Å². The normalized spacial score (nSPS) is 22.1. The van der Waals surface area contributed by atoms with Gasteiger partial charge in [-0.05, 0) is 94.4 Å². The van der Waals surface area contributed by atoms with Gasteiger partial charge in [0.1, 0.15) is 0 Å². The number of benzene rings is 2. The molecule has 0 bridgehead atoms. The van der Waals surface area contributed by atoms with Crippen molar-refractivity contribution in [2.45, 2.75) is 49.6 Å². The molecule has 6 rings (SSSR count). The first-order valence-corrected chi connectivity index (χ1v) is 13.6. The Kier molecular flexibility index (Phi) is 11.3. The minimum absolute atomic E-state index is 0. The molecule has 4 heterocycles. The third-order valence-corrected chi connectivity index (χ3v) is 8.43. The summed E-state index contributed by atoms with van der Waals surface area (Å²) in [6.07, 6.45) is 6.13. The van der Waals surface area contributed by atoms with Gasteiger partial charge in [-0.15, -0.1) is 0 Å². The maximum absolute atomic E-state index is 13.6. The Morgan fingerprint density at radius 2 is 1.56 bits per heavy atom. The second-order valence-electron chi connectivity index (χ2n) is 10.7. The average molecular weight is 531 g/mol. The number of para-hydroxylation sites is 2. The van der Waals surface area contributed by atoms with Crippen LogP contribution in [0.1, 0.15) is 44.1 Å². The van der Waals surface area contributed by atoms with Crippen LogP contribution >= 0.6 is 0 Å². The van der Waals surface area contributed by atoms with Gasteiger partial charge in [0, 0.05) is 31.1 Å². The monoisotopic (exact) mass is 530 g/mol. The number of nitrogens with zero attached hydrogens (tertiary/aromatic N) is 2. The van der Waals surface area contributed by atoms with E-state index >= 15 is 0 Å². The molecule has 1 spiro atoms. The van der Waals surface area contributed by atoms with Crippen molar-refractivity contribution in [2.75, 3.05) is 50.8 Å².